The summed E-state index contributed by atoms with van der Waals surface area (Å²) in [6.07, 6.45) is 0. The van der Waals surface area contributed by atoms with Crippen molar-refractivity contribution in [3.63, 3.8) is 0 Å². The van der Waals surface area contributed by atoms with E-state index >= 15 is 0 Å². The van der Waals surface area contributed by atoms with E-state index in [-0.39, 0.29) is 0 Å². The molecular formula is C40H24N2S. The molecule has 0 saturated heterocycles. The number of fused-ring (bicyclic) bond motifs is 3. The first-order chi connectivity index (χ1) is 21.3. The lowest BCUT2D eigenvalue weighted by Crippen LogP contribution is -1.96. The zero-order chi connectivity index (χ0) is 28.3. The highest BCUT2D eigenvalue weighted by atomic mass is 32.1. The molecule has 0 spiro atoms. The van der Waals surface area contributed by atoms with Gasteiger partial charge in [0.15, 0.2) is 5.82 Å². The Hall–Kier alpha value is -5.38. The molecule has 200 valence electrons. The monoisotopic (exact) mass is 564 g/mol. The molecule has 2 nitrogen and oxygen atoms in total. The highest BCUT2D eigenvalue weighted by Gasteiger charge is 2.19. The Kier molecular flexibility index (Phi) is 5.40. The van der Waals surface area contributed by atoms with Gasteiger partial charge in [0.2, 0.25) is 0 Å². The van der Waals surface area contributed by atoms with Crippen molar-refractivity contribution in [2.24, 2.45) is 0 Å². The summed E-state index contributed by atoms with van der Waals surface area (Å²) in [5, 5.41) is 8.02. The molecule has 0 aliphatic carbocycles. The van der Waals surface area contributed by atoms with Crippen molar-refractivity contribution in [1.82, 2.24) is 9.97 Å². The molecule has 0 saturated carbocycles. The van der Waals surface area contributed by atoms with E-state index in [2.05, 4.69) is 133 Å². The van der Waals surface area contributed by atoms with Crippen molar-refractivity contribution < 1.29 is 0 Å². The Morgan fingerprint density at radius 2 is 0.953 bits per heavy atom. The van der Waals surface area contributed by atoms with E-state index in [9.17, 15) is 0 Å². The van der Waals surface area contributed by atoms with Gasteiger partial charge in [-0.25, -0.2) is 9.97 Å². The standard InChI is InChI=1S/C40H24N2S/c1-3-11-25(12-4-1)34-24-35(26-13-5-2-6-14-26)42-40(41-34)28-16-9-15-27(23-28)29-21-22-33-31-18-8-7-17-30(31)32-19-10-20-36-37(32)38(33)39(29)43-36/h1-24H. The van der Waals surface area contributed by atoms with Crippen LogP contribution in [-0.4, -0.2) is 9.97 Å². The number of nitrogens with zero attached hydrogens (tertiary/aromatic N) is 2. The van der Waals surface area contributed by atoms with Gasteiger partial charge in [0.05, 0.1) is 11.4 Å². The largest absolute Gasteiger partial charge is 0.228 e. The summed E-state index contributed by atoms with van der Waals surface area (Å²) < 4.78 is 2.66. The predicted octanol–water partition coefficient (Wildman–Crippen LogP) is 11.3. The van der Waals surface area contributed by atoms with E-state index in [0.29, 0.717) is 0 Å². The number of hydrogen-bond donors (Lipinski definition) is 0. The lowest BCUT2D eigenvalue weighted by Gasteiger charge is -2.12. The molecule has 0 amide bonds. The van der Waals surface area contributed by atoms with E-state index in [1.165, 1.54) is 52.8 Å². The molecule has 2 aromatic heterocycles. The number of rotatable bonds is 4. The minimum Gasteiger partial charge on any atom is -0.228 e. The second-order valence-electron chi connectivity index (χ2n) is 11.0. The molecule has 0 aliphatic heterocycles. The average molecular weight is 565 g/mol. The third kappa shape index (κ3) is 3.86. The van der Waals surface area contributed by atoms with E-state index in [0.717, 1.165) is 33.9 Å². The van der Waals surface area contributed by atoms with Crippen molar-refractivity contribution in [3.8, 4) is 45.0 Å². The SMILES string of the molecule is c1ccc(-c2cc(-c3ccccc3)nc(-c3cccc(-c4ccc5c6ccccc6c6cccc7sc4c5c76)c3)n2)cc1. The van der Waals surface area contributed by atoms with Crippen LogP contribution in [0.1, 0.15) is 0 Å². The molecule has 0 aliphatic rings. The zero-order valence-corrected chi connectivity index (χ0v) is 24.0. The Morgan fingerprint density at radius 1 is 0.395 bits per heavy atom. The topological polar surface area (TPSA) is 25.8 Å². The van der Waals surface area contributed by atoms with Crippen molar-refractivity contribution in [2.75, 3.05) is 0 Å². The highest BCUT2D eigenvalue weighted by Crippen LogP contribution is 2.48. The summed E-state index contributed by atoms with van der Waals surface area (Å²) in [5.41, 5.74) is 7.41. The van der Waals surface area contributed by atoms with Crippen LogP contribution < -0.4 is 0 Å². The molecule has 9 aromatic rings. The van der Waals surface area contributed by atoms with Crippen LogP contribution in [0.5, 0.6) is 0 Å². The van der Waals surface area contributed by atoms with Crippen LogP contribution in [0.4, 0.5) is 0 Å². The van der Waals surface area contributed by atoms with Crippen LogP contribution in [0.15, 0.2) is 146 Å². The second kappa shape index (κ2) is 9.59. The first-order valence-electron chi connectivity index (χ1n) is 14.5. The maximum Gasteiger partial charge on any atom is 0.160 e. The van der Waals surface area contributed by atoms with E-state index < -0.39 is 0 Å². The van der Waals surface area contributed by atoms with Gasteiger partial charge in [0, 0.05) is 36.9 Å². The summed E-state index contributed by atoms with van der Waals surface area (Å²) in [5.74, 6) is 0.726. The van der Waals surface area contributed by atoms with Gasteiger partial charge in [-0.05, 0) is 50.9 Å². The fourth-order valence-electron chi connectivity index (χ4n) is 6.47. The zero-order valence-electron chi connectivity index (χ0n) is 23.2. The molecule has 0 atom stereocenters. The summed E-state index contributed by atoms with van der Waals surface area (Å²) in [4.78, 5) is 10.2. The number of thiophene rings is 1. The van der Waals surface area contributed by atoms with Crippen LogP contribution in [0.25, 0.3) is 86.7 Å². The van der Waals surface area contributed by atoms with Gasteiger partial charge in [-0.15, -0.1) is 11.3 Å². The Morgan fingerprint density at radius 3 is 1.65 bits per heavy atom. The first kappa shape index (κ1) is 24.2. The Balaban J connectivity index is 1.26. The highest BCUT2D eigenvalue weighted by molar-refractivity contribution is 7.26. The van der Waals surface area contributed by atoms with Gasteiger partial charge < -0.3 is 0 Å². The van der Waals surface area contributed by atoms with Gasteiger partial charge in [-0.2, -0.15) is 0 Å². The molecule has 9 rings (SSSR count). The summed E-state index contributed by atoms with van der Waals surface area (Å²) >= 11 is 1.89. The molecule has 0 N–H and O–H groups in total. The lowest BCUT2D eigenvalue weighted by molar-refractivity contribution is 1.18. The molecule has 0 unspecified atom stereocenters. The van der Waals surface area contributed by atoms with Crippen LogP contribution in [0.2, 0.25) is 0 Å². The van der Waals surface area contributed by atoms with Crippen molar-refractivity contribution in [2.45, 2.75) is 0 Å². The Labute approximate surface area is 252 Å². The van der Waals surface area contributed by atoms with Crippen molar-refractivity contribution >= 4 is 53.1 Å². The maximum atomic E-state index is 5.08. The van der Waals surface area contributed by atoms with E-state index in [4.69, 9.17) is 9.97 Å². The van der Waals surface area contributed by atoms with Crippen LogP contribution in [0, 0.1) is 0 Å². The fraction of sp³-hybridized carbons (Fsp3) is 0. The number of aromatic nitrogens is 2. The van der Waals surface area contributed by atoms with Crippen molar-refractivity contribution in [3.05, 3.63) is 146 Å². The van der Waals surface area contributed by atoms with Crippen LogP contribution in [-0.2, 0) is 0 Å². The maximum absolute atomic E-state index is 5.08. The van der Waals surface area contributed by atoms with Gasteiger partial charge in [-0.3, -0.25) is 0 Å². The quantitative estimate of drug-likeness (QED) is 0.199. The summed E-state index contributed by atoms with van der Waals surface area (Å²) in [6.45, 7) is 0. The summed E-state index contributed by atoms with van der Waals surface area (Å²) in [7, 11) is 0. The predicted molar refractivity (Wildman–Crippen MR) is 183 cm³/mol. The summed E-state index contributed by atoms with van der Waals surface area (Å²) in [6, 6.07) is 51.6. The van der Waals surface area contributed by atoms with Crippen LogP contribution >= 0.6 is 11.3 Å². The second-order valence-corrected chi connectivity index (χ2v) is 12.0. The van der Waals surface area contributed by atoms with Gasteiger partial charge in [-0.1, -0.05) is 127 Å². The van der Waals surface area contributed by atoms with Gasteiger partial charge >= 0.3 is 0 Å². The molecule has 0 radical (unpaired) electrons. The normalized spacial score (nSPS) is 11.7. The lowest BCUT2D eigenvalue weighted by atomic mass is 9.92. The molecule has 3 heteroatoms. The first-order valence-corrected chi connectivity index (χ1v) is 15.3. The minimum atomic E-state index is 0.726. The molecule has 43 heavy (non-hydrogen) atoms. The molecular weight excluding hydrogens is 541 g/mol. The van der Waals surface area contributed by atoms with E-state index in [1.807, 2.05) is 23.5 Å². The molecule has 7 aromatic carbocycles. The average Bonchev–Trinajstić information content (AvgIpc) is 3.49. The fourth-order valence-corrected chi connectivity index (χ4v) is 7.76. The van der Waals surface area contributed by atoms with Crippen molar-refractivity contribution in [1.29, 1.82) is 0 Å². The number of benzene rings is 7. The molecule has 0 fully saturated rings. The van der Waals surface area contributed by atoms with Gasteiger partial charge in [0.25, 0.3) is 0 Å². The molecule has 2 heterocycles. The third-order valence-electron chi connectivity index (χ3n) is 8.45. The van der Waals surface area contributed by atoms with Crippen LogP contribution in [0.3, 0.4) is 0 Å². The minimum absolute atomic E-state index is 0.726. The van der Waals surface area contributed by atoms with Gasteiger partial charge in [0.1, 0.15) is 0 Å². The molecule has 0 bridgehead atoms. The Bertz CT molecular complexity index is 2380. The van der Waals surface area contributed by atoms with E-state index in [1.54, 1.807) is 0 Å². The smallest absolute Gasteiger partial charge is 0.160 e. The third-order valence-corrected chi connectivity index (χ3v) is 9.64. The number of hydrogen-bond acceptors (Lipinski definition) is 3.